The summed E-state index contributed by atoms with van der Waals surface area (Å²) in [5.41, 5.74) is 0.490. The lowest BCUT2D eigenvalue weighted by Crippen LogP contribution is -2.08. The zero-order valence-electron chi connectivity index (χ0n) is 11.5. The fraction of sp³-hybridized carbons (Fsp3) is 0.133. The summed E-state index contributed by atoms with van der Waals surface area (Å²) >= 11 is 18.2. The first-order valence-corrected chi connectivity index (χ1v) is 8.45. The molecule has 1 nitrogen and oxygen atoms in total. The molecule has 0 atom stereocenters. The quantitative estimate of drug-likeness (QED) is 0.584. The highest BCUT2D eigenvalue weighted by atomic mass is 35.5. The Bertz CT molecular complexity index is 720. The Kier molecular flexibility index (Phi) is 6.19. The highest BCUT2D eigenvalue weighted by Crippen LogP contribution is 2.31. The first kappa shape index (κ1) is 18.4. The highest BCUT2D eigenvalue weighted by Gasteiger charge is 2.30. The smallest absolute Gasteiger partial charge is 0.341 e. The van der Waals surface area contributed by atoms with Crippen LogP contribution in [0.4, 0.5) is 18.9 Å². The molecule has 2 rings (SSSR count). The van der Waals surface area contributed by atoms with Gasteiger partial charge in [0.15, 0.2) is 0 Å². The number of hydrogen-bond acceptors (Lipinski definition) is 2. The van der Waals surface area contributed by atoms with Crippen LogP contribution in [0, 0.1) is 0 Å². The van der Waals surface area contributed by atoms with Gasteiger partial charge in [0.1, 0.15) is 4.32 Å². The number of alkyl halides is 3. The molecule has 0 fully saturated rings. The van der Waals surface area contributed by atoms with E-state index in [1.165, 1.54) is 23.9 Å². The maximum Gasteiger partial charge on any atom is 0.416 e. The van der Waals surface area contributed by atoms with Crippen LogP contribution >= 0.6 is 47.2 Å². The predicted molar refractivity (Wildman–Crippen MR) is 95.4 cm³/mol. The van der Waals surface area contributed by atoms with Gasteiger partial charge in [-0.25, -0.2) is 0 Å². The number of nitrogens with one attached hydrogen (secondary N) is 1. The van der Waals surface area contributed by atoms with Gasteiger partial charge in [-0.3, -0.25) is 0 Å². The highest BCUT2D eigenvalue weighted by molar-refractivity contribution is 8.22. The Morgan fingerprint density at radius 1 is 1.09 bits per heavy atom. The molecule has 0 bridgehead atoms. The third kappa shape index (κ3) is 5.57. The summed E-state index contributed by atoms with van der Waals surface area (Å²) < 4.78 is 38.3. The maximum atomic E-state index is 12.7. The van der Waals surface area contributed by atoms with Crippen LogP contribution in [0.5, 0.6) is 0 Å². The van der Waals surface area contributed by atoms with Gasteiger partial charge < -0.3 is 5.32 Å². The van der Waals surface area contributed by atoms with E-state index in [0.29, 0.717) is 25.8 Å². The van der Waals surface area contributed by atoms with Crippen molar-refractivity contribution in [2.24, 2.45) is 0 Å². The summed E-state index contributed by atoms with van der Waals surface area (Å²) in [4.78, 5) is 0. The lowest BCUT2D eigenvalue weighted by Gasteiger charge is -2.11. The molecule has 0 heterocycles. The van der Waals surface area contributed by atoms with Crippen LogP contribution in [-0.2, 0) is 11.9 Å². The van der Waals surface area contributed by atoms with Gasteiger partial charge in [-0.1, -0.05) is 59.3 Å². The summed E-state index contributed by atoms with van der Waals surface area (Å²) in [7, 11) is 0. The third-order valence-electron chi connectivity index (χ3n) is 2.79. The molecule has 0 aromatic heterocycles. The summed E-state index contributed by atoms with van der Waals surface area (Å²) in [5.74, 6) is 0.529. The number of rotatable bonds is 3. The molecule has 8 heteroatoms. The fourth-order valence-corrected chi connectivity index (χ4v) is 2.99. The maximum absolute atomic E-state index is 12.7. The van der Waals surface area contributed by atoms with E-state index in [2.05, 4.69) is 5.32 Å². The number of anilines is 1. The lowest BCUT2D eigenvalue weighted by molar-refractivity contribution is -0.137. The van der Waals surface area contributed by atoms with E-state index >= 15 is 0 Å². The van der Waals surface area contributed by atoms with Gasteiger partial charge in [-0.05, 0) is 35.9 Å². The zero-order valence-corrected chi connectivity index (χ0v) is 14.6. The SMILES string of the molecule is FC(F)(F)c1cccc(NC(=S)SCc2ccc(Cl)c(Cl)c2)c1. The van der Waals surface area contributed by atoms with Crippen LogP contribution < -0.4 is 5.32 Å². The van der Waals surface area contributed by atoms with Crippen LogP contribution in [0.1, 0.15) is 11.1 Å². The van der Waals surface area contributed by atoms with Crippen molar-refractivity contribution in [1.82, 2.24) is 0 Å². The molecular formula is C15H10Cl2F3NS2. The molecule has 2 aromatic carbocycles. The Morgan fingerprint density at radius 2 is 1.83 bits per heavy atom. The van der Waals surface area contributed by atoms with Crippen LogP contribution in [0.15, 0.2) is 42.5 Å². The van der Waals surface area contributed by atoms with Crippen LogP contribution in [-0.4, -0.2) is 4.32 Å². The van der Waals surface area contributed by atoms with E-state index in [9.17, 15) is 13.2 Å². The van der Waals surface area contributed by atoms with Crippen molar-refractivity contribution in [2.75, 3.05) is 5.32 Å². The summed E-state index contributed by atoms with van der Waals surface area (Å²) in [6.45, 7) is 0. The van der Waals surface area contributed by atoms with Gasteiger partial charge >= 0.3 is 6.18 Å². The van der Waals surface area contributed by atoms with Crippen molar-refractivity contribution in [2.45, 2.75) is 11.9 Å². The molecule has 0 aliphatic carbocycles. The average Bonchev–Trinajstić information content (AvgIpc) is 2.48. The monoisotopic (exact) mass is 395 g/mol. The molecule has 0 aliphatic heterocycles. The minimum atomic E-state index is -4.38. The van der Waals surface area contributed by atoms with Crippen molar-refractivity contribution in [3.63, 3.8) is 0 Å². The Hall–Kier alpha value is -0.950. The molecule has 0 unspecified atom stereocenters. The second-order valence-electron chi connectivity index (χ2n) is 4.53. The van der Waals surface area contributed by atoms with Gasteiger partial charge in [-0.2, -0.15) is 13.2 Å². The predicted octanol–water partition coefficient (Wildman–Crippen LogP) is 6.64. The van der Waals surface area contributed by atoms with Gasteiger partial charge in [0.2, 0.25) is 0 Å². The van der Waals surface area contributed by atoms with Gasteiger partial charge in [0, 0.05) is 11.4 Å². The minimum Gasteiger partial charge on any atom is -0.341 e. The molecule has 0 saturated heterocycles. The summed E-state index contributed by atoms with van der Waals surface area (Å²) in [6, 6.07) is 10.1. The Labute approximate surface area is 151 Å². The van der Waals surface area contributed by atoms with Crippen LogP contribution in [0.3, 0.4) is 0 Å². The van der Waals surface area contributed by atoms with Crippen LogP contribution in [0.2, 0.25) is 10.0 Å². The number of thioether (sulfide) groups is 1. The lowest BCUT2D eigenvalue weighted by atomic mass is 10.2. The molecule has 0 saturated carbocycles. The molecule has 0 radical (unpaired) electrons. The minimum absolute atomic E-state index is 0.298. The Morgan fingerprint density at radius 3 is 2.48 bits per heavy atom. The van der Waals surface area contributed by atoms with E-state index in [0.717, 1.165) is 17.7 Å². The average molecular weight is 396 g/mol. The Balaban J connectivity index is 1.96. The van der Waals surface area contributed by atoms with E-state index in [-0.39, 0.29) is 0 Å². The van der Waals surface area contributed by atoms with Crippen molar-refractivity contribution >= 4 is 57.2 Å². The number of halogens is 5. The summed E-state index contributed by atoms with van der Waals surface area (Å²) in [5, 5.41) is 3.69. The zero-order chi connectivity index (χ0) is 17.0. The van der Waals surface area contributed by atoms with Crippen molar-refractivity contribution in [3.8, 4) is 0 Å². The molecule has 0 aliphatic rings. The standard InChI is InChI=1S/C15H10Cl2F3NS2/c16-12-5-4-9(6-13(12)17)8-23-14(22)21-11-3-1-2-10(7-11)15(18,19)20/h1-7H,8H2,(H,21,22). The van der Waals surface area contributed by atoms with Gasteiger partial charge in [0.25, 0.3) is 0 Å². The van der Waals surface area contributed by atoms with Crippen LogP contribution in [0.25, 0.3) is 0 Å². The van der Waals surface area contributed by atoms with Gasteiger partial charge in [0.05, 0.1) is 15.6 Å². The first-order chi connectivity index (χ1) is 10.8. The first-order valence-electron chi connectivity index (χ1n) is 6.30. The molecule has 1 N–H and O–H groups in total. The molecular weight excluding hydrogens is 386 g/mol. The number of benzene rings is 2. The van der Waals surface area contributed by atoms with Crippen molar-refractivity contribution < 1.29 is 13.2 Å². The van der Waals surface area contributed by atoms with E-state index in [1.807, 2.05) is 6.07 Å². The van der Waals surface area contributed by atoms with E-state index < -0.39 is 11.7 Å². The molecule has 2 aromatic rings. The third-order valence-corrected chi connectivity index (χ3v) is 4.83. The van der Waals surface area contributed by atoms with E-state index in [1.54, 1.807) is 12.1 Å². The molecule has 23 heavy (non-hydrogen) atoms. The molecule has 0 spiro atoms. The summed E-state index contributed by atoms with van der Waals surface area (Å²) in [6.07, 6.45) is -4.38. The second kappa shape index (κ2) is 7.75. The topological polar surface area (TPSA) is 12.0 Å². The van der Waals surface area contributed by atoms with Crippen molar-refractivity contribution in [1.29, 1.82) is 0 Å². The molecule has 0 amide bonds. The number of thiocarbonyl (C=S) groups is 1. The van der Waals surface area contributed by atoms with Gasteiger partial charge in [-0.15, -0.1) is 0 Å². The van der Waals surface area contributed by atoms with Crippen molar-refractivity contribution in [3.05, 3.63) is 63.6 Å². The normalized spacial score (nSPS) is 11.3. The molecule has 122 valence electrons. The van der Waals surface area contributed by atoms with E-state index in [4.69, 9.17) is 35.4 Å². The number of hydrogen-bond donors (Lipinski definition) is 1. The second-order valence-corrected chi connectivity index (χ2v) is 6.99. The fourth-order valence-electron chi connectivity index (χ4n) is 1.71. The largest absolute Gasteiger partial charge is 0.416 e.